The molecule has 1 aromatic carbocycles. The third-order valence-corrected chi connectivity index (χ3v) is 6.35. The molecular weight excluding hydrogens is 367 g/mol. The van der Waals surface area contributed by atoms with Gasteiger partial charge in [-0.05, 0) is 49.9 Å². The van der Waals surface area contributed by atoms with E-state index in [0.717, 1.165) is 51.0 Å². The van der Waals surface area contributed by atoms with E-state index in [4.69, 9.17) is 23.2 Å². The first-order chi connectivity index (χ1) is 12.5. The van der Waals surface area contributed by atoms with E-state index in [0.29, 0.717) is 16.0 Å². The number of piperidine rings is 1. The van der Waals surface area contributed by atoms with Crippen LogP contribution >= 0.6 is 23.2 Å². The Labute approximate surface area is 168 Å². The molecule has 1 fully saturated rings. The van der Waals surface area contributed by atoms with Crippen LogP contribution in [-0.2, 0) is 11.3 Å². The van der Waals surface area contributed by atoms with E-state index in [2.05, 4.69) is 24.1 Å². The smallest absolute Gasteiger partial charge is 0.223 e. The highest BCUT2D eigenvalue weighted by Gasteiger charge is 2.25. The normalized spacial score (nSPS) is 17.2. The molecule has 0 unspecified atom stereocenters. The molecule has 2 rings (SSSR count). The van der Waals surface area contributed by atoms with Crippen molar-refractivity contribution < 1.29 is 4.79 Å². The minimum Gasteiger partial charge on any atom is -0.356 e. The minimum absolute atomic E-state index is 0.143. The van der Waals surface area contributed by atoms with E-state index in [1.807, 2.05) is 18.2 Å². The van der Waals surface area contributed by atoms with Crippen molar-refractivity contribution in [1.29, 1.82) is 0 Å². The fraction of sp³-hybridized carbons (Fsp3) is 0.667. The summed E-state index contributed by atoms with van der Waals surface area (Å²) in [6, 6.07) is 5.77. The van der Waals surface area contributed by atoms with Crippen LogP contribution in [0, 0.1) is 11.8 Å². The molecule has 26 heavy (non-hydrogen) atoms. The molecule has 0 aromatic heterocycles. The summed E-state index contributed by atoms with van der Waals surface area (Å²) in [7, 11) is 0. The molecule has 1 amide bonds. The van der Waals surface area contributed by atoms with Crippen LogP contribution in [0.2, 0.25) is 10.0 Å². The average molecular weight is 399 g/mol. The van der Waals surface area contributed by atoms with Crippen LogP contribution < -0.4 is 5.32 Å². The predicted molar refractivity (Wildman–Crippen MR) is 111 cm³/mol. The van der Waals surface area contributed by atoms with Crippen molar-refractivity contribution in [1.82, 2.24) is 10.2 Å². The van der Waals surface area contributed by atoms with Crippen molar-refractivity contribution in [3.8, 4) is 0 Å². The summed E-state index contributed by atoms with van der Waals surface area (Å²) in [5.74, 6) is 0.995. The van der Waals surface area contributed by atoms with E-state index < -0.39 is 0 Å². The molecule has 1 N–H and O–H groups in total. The second-order valence-corrected chi connectivity index (χ2v) is 8.21. The zero-order valence-corrected chi connectivity index (χ0v) is 17.6. The van der Waals surface area contributed by atoms with E-state index in [1.165, 1.54) is 19.3 Å². The lowest BCUT2D eigenvalue weighted by molar-refractivity contribution is -0.126. The molecule has 0 radical (unpaired) electrons. The van der Waals surface area contributed by atoms with Crippen LogP contribution in [0.1, 0.15) is 57.9 Å². The third kappa shape index (κ3) is 6.44. The summed E-state index contributed by atoms with van der Waals surface area (Å²) < 4.78 is 0. The van der Waals surface area contributed by atoms with Crippen molar-refractivity contribution in [3.63, 3.8) is 0 Å². The van der Waals surface area contributed by atoms with Gasteiger partial charge in [0.05, 0.1) is 10.0 Å². The molecule has 3 nitrogen and oxygen atoms in total. The number of nitrogens with one attached hydrogen (secondary N) is 1. The minimum atomic E-state index is 0.143. The molecular formula is C21H32Cl2N2O. The van der Waals surface area contributed by atoms with Gasteiger partial charge in [-0.25, -0.2) is 0 Å². The highest BCUT2D eigenvalue weighted by atomic mass is 35.5. The first kappa shape index (κ1) is 21.5. The lowest BCUT2D eigenvalue weighted by Gasteiger charge is -2.31. The number of rotatable bonds is 9. The maximum atomic E-state index is 12.5. The fourth-order valence-electron chi connectivity index (χ4n) is 3.60. The molecule has 1 atom stereocenters. The predicted octanol–water partition coefficient (Wildman–Crippen LogP) is 5.54. The Kier molecular flexibility index (Phi) is 9.24. The molecule has 0 bridgehead atoms. The van der Waals surface area contributed by atoms with E-state index in [-0.39, 0.29) is 11.8 Å². The van der Waals surface area contributed by atoms with Crippen molar-refractivity contribution in [2.45, 2.75) is 58.9 Å². The number of halogens is 2. The van der Waals surface area contributed by atoms with Crippen LogP contribution in [-0.4, -0.2) is 30.4 Å². The first-order valence-electron chi connectivity index (χ1n) is 9.98. The summed E-state index contributed by atoms with van der Waals surface area (Å²) in [4.78, 5) is 14.8. The molecule has 1 aliphatic heterocycles. The zero-order chi connectivity index (χ0) is 18.9. The molecule has 1 aliphatic rings. The van der Waals surface area contributed by atoms with Crippen LogP contribution in [0.15, 0.2) is 18.2 Å². The standard InChI is InChI=1S/C21H32Cl2N2O/c1-3-5-7-16(4-2)14-24-21(26)17-10-12-25(13-11-17)15-18-8-6-9-19(22)20(18)23/h6,8-9,16-17H,3-5,7,10-15H2,1-2H3,(H,24,26)/t16-/m1/s1. The number of hydrogen-bond donors (Lipinski definition) is 1. The van der Waals surface area contributed by atoms with Gasteiger partial charge in [0.2, 0.25) is 5.91 Å². The van der Waals surface area contributed by atoms with Gasteiger partial charge in [0, 0.05) is 19.0 Å². The van der Waals surface area contributed by atoms with Gasteiger partial charge in [-0.2, -0.15) is 0 Å². The number of benzene rings is 1. The highest BCUT2D eigenvalue weighted by Crippen LogP contribution is 2.28. The van der Waals surface area contributed by atoms with E-state index >= 15 is 0 Å². The molecule has 146 valence electrons. The van der Waals surface area contributed by atoms with Crippen molar-refractivity contribution in [2.24, 2.45) is 11.8 Å². The van der Waals surface area contributed by atoms with Crippen LogP contribution in [0.5, 0.6) is 0 Å². The Morgan fingerprint density at radius 3 is 2.65 bits per heavy atom. The Bertz CT molecular complexity index is 571. The topological polar surface area (TPSA) is 32.3 Å². The first-order valence-corrected chi connectivity index (χ1v) is 10.7. The number of hydrogen-bond acceptors (Lipinski definition) is 2. The Morgan fingerprint density at radius 2 is 2.00 bits per heavy atom. The number of likely N-dealkylation sites (tertiary alicyclic amines) is 1. The molecule has 5 heteroatoms. The number of carbonyl (C=O) groups is 1. The van der Waals surface area contributed by atoms with Crippen molar-refractivity contribution >= 4 is 29.1 Å². The summed E-state index contributed by atoms with van der Waals surface area (Å²) in [6.07, 6.45) is 6.65. The summed E-state index contributed by atoms with van der Waals surface area (Å²) in [5, 5.41) is 4.45. The van der Waals surface area contributed by atoms with Crippen LogP contribution in [0.4, 0.5) is 0 Å². The van der Waals surface area contributed by atoms with Crippen LogP contribution in [0.25, 0.3) is 0 Å². The largest absolute Gasteiger partial charge is 0.356 e. The molecule has 0 saturated carbocycles. The van der Waals surface area contributed by atoms with Gasteiger partial charge >= 0.3 is 0 Å². The Balaban J connectivity index is 1.75. The van der Waals surface area contributed by atoms with Crippen LogP contribution in [0.3, 0.4) is 0 Å². The SMILES string of the molecule is CCCC[C@@H](CC)CNC(=O)C1CCN(Cc2cccc(Cl)c2Cl)CC1. The molecule has 1 saturated heterocycles. The van der Waals surface area contributed by atoms with E-state index in [9.17, 15) is 4.79 Å². The van der Waals surface area contributed by atoms with E-state index in [1.54, 1.807) is 0 Å². The number of amides is 1. The summed E-state index contributed by atoms with van der Waals surface area (Å²) >= 11 is 12.4. The quantitative estimate of drug-likeness (QED) is 0.592. The second-order valence-electron chi connectivity index (χ2n) is 7.43. The van der Waals surface area contributed by atoms with Gasteiger partial charge in [0.15, 0.2) is 0 Å². The highest BCUT2D eigenvalue weighted by molar-refractivity contribution is 6.42. The molecule has 0 spiro atoms. The van der Waals surface area contributed by atoms with Crippen molar-refractivity contribution in [2.75, 3.05) is 19.6 Å². The van der Waals surface area contributed by atoms with Crippen molar-refractivity contribution in [3.05, 3.63) is 33.8 Å². The Morgan fingerprint density at radius 1 is 1.27 bits per heavy atom. The van der Waals surface area contributed by atoms with Gasteiger partial charge in [-0.15, -0.1) is 0 Å². The Hall–Kier alpha value is -0.770. The maximum Gasteiger partial charge on any atom is 0.223 e. The summed E-state index contributed by atoms with van der Waals surface area (Å²) in [6.45, 7) is 7.90. The van der Waals surface area contributed by atoms with Gasteiger partial charge in [0.25, 0.3) is 0 Å². The number of nitrogens with zero attached hydrogens (tertiary/aromatic N) is 1. The average Bonchev–Trinajstić information content (AvgIpc) is 2.66. The lowest BCUT2D eigenvalue weighted by Crippen LogP contribution is -2.41. The monoisotopic (exact) mass is 398 g/mol. The summed E-state index contributed by atoms with van der Waals surface area (Å²) in [5.41, 5.74) is 1.06. The fourth-order valence-corrected chi connectivity index (χ4v) is 3.98. The number of unbranched alkanes of at least 4 members (excludes halogenated alkanes) is 1. The van der Waals surface area contributed by atoms with Gasteiger partial charge in [-0.1, -0.05) is 68.4 Å². The van der Waals surface area contributed by atoms with Gasteiger partial charge in [-0.3, -0.25) is 9.69 Å². The third-order valence-electron chi connectivity index (χ3n) is 5.49. The maximum absolute atomic E-state index is 12.5. The zero-order valence-electron chi connectivity index (χ0n) is 16.1. The molecule has 1 aromatic rings. The second kappa shape index (κ2) is 11.2. The van der Waals surface area contributed by atoms with Gasteiger partial charge < -0.3 is 5.32 Å². The molecule has 0 aliphatic carbocycles. The lowest BCUT2D eigenvalue weighted by atomic mass is 9.94. The number of carbonyl (C=O) groups excluding carboxylic acids is 1. The van der Waals surface area contributed by atoms with Gasteiger partial charge in [0.1, 0.15) is 0 Å². The molecule has 1 heterocycles.